The Morgan fingerprint density at radius 2 is 2.00 bits per heavy atom. The summed E-state index contributed by atoms with van der Waals surface area (Å²) in [6, 6.07) is 8.26. The summed E-state index contributed by atoms with van der Waals surface area (Å²) in [5.41, 5.74) is 0.703. The van der Waals surface area contributed by atoms with Gasteiger partial charge < -0.3 is 9.84 Å². The first-order valence-corrected chi connectivity index (χ1v) is 9.29. The van der Waals surface area contributed by atoms with E-state index in [9.17, 15) is 18.3 Å². The first-order valence-electron chi connectivity index (χ1n) is 6.92. The number of carbonyl (C=O) groups excluding carboxylic acids is 1. The molecule has 0 fully saturated rings. The minimum atomic E-state index is -3.79. The minimum Gasteiger partial charge on any atom is -0.508 e. The molecule has 1 heterocycles. The number of rotatable bonds is 7. The van der Waals surface area contributed by atoms with Gasteiger partial charge in [-0.1, -0.05) is 18.2 Å². The second kappa shape index (κ2) is 7.58. The van der Waals surface area contributed by atoms with Gasteiger partial charge in [0.15, 0.2) is 0 Å². The Labute approximate surface area is 138 Å². The molecule has 0 amide bonds. The number of esters is 1. The number of carbonyl (C=O) groups is 1. The third kappa shape index (κ3) is 4.78. The van der Waals surface area contributed by atoms with E-state index in [1.54, 1.807) is 30.5 Å². The average molecular weight is 355 g/mol. The van der Waals surface area contributed by atoms with Crippen LogP contribution in [-0.2, 0) is 26.0 Å². The monoisotopic (exact) mass is 355 g/mol. The Balaban J connectivity index is 2.20. The summed E-state index contributed by atoms with van der Waals surface area (Å²) in [4.78, 5) is 12.1. The number of sulfonamides is 1. The van der Waals surface area contributed by atoms with Crippen molar-refractivity contribution in [3.05, 3.63) is 47.3 Å². The summed E-state index contributed by atoms with van der Waals surface area (Å²) in [6.45, 7) is 1.81. The zero-order valence-electron chi connectivity index (χ0n) is 12.4. The fourth-order valence-electron chi connectivity index (χ4n) is 1.95. The standard InChI is InChI=1S/C15H17NO5S2/c1-2-21-15(18)13(10-11-5-7-12(17)8-6-11)16-23(19,20)14-4-3-9-22-14/h3-9,13,16-17H,2,10H2,1H3/t13-/m0/s1. The molecule has 0 aliphatic carbocycles. The second-order valence-corrected chi connectivity index (χ2v) is 7.62. The molecule has 0 aliphatic heterocycles. The van der Waals surface area contributed by atoms with Crippen LogP contribution < -0.4 is 4.72 Å². The Morgan fingerprint density at radius 3 is 2.57 bits per heavy atom. The summed E-state index contributed by atoms with van der Waals surface area (Å²) in [5.74, 6) is -0.540. The quantitative estimate of drug-likeness (QED) is 0.740. The van der Waals surface area contributed by atoms with E-state index in [0.717, 1.165) is 11.3 Å². The Morgan fingerprint density at radius 1 is 1.30 bits per heavy atom. The van der Waals surface area contributed by atoms with Crippen LogP contribution in [0.15, 0.2) is 46.0 Å². The SMILES string of the molecule is CCOC(=O)[C@H](Cc1ccc(O)cc1)NS(=O)(=O)c1cccs1. The maximum atomic E-state index is 12.3. The number of nitrogens with one attached hydrogen (secondary N) is 1. The molecule has 1 aromatic carbocycles. The van der Waals surface area contributed by atoms with Gasteiger partial charge in [0.05, 0.1) is 6.61 Å². The van der Waals surface area contributed by atoms with Crippen LogP contribution in [-0.4, -0.2) is 32.1 Å². The van der Waals surface area contributed by atoms with Gasteiger partial charge in [0, 0.05) is 0 Å². The summed E-state index contributed by atoms with van der Waals surface area (Å²) in [7, 11) is -3.79. The topological polar surface area (TPSA) is 92.7 Å². The first-order chi connectivity index (χ1) is 10.9. The summed E-state index contributed by atoms with van der Waals surface area (Å²) in [6.07, 6.45) is 0.129. The van der Waals surface area contributed by atoms with Crippen LogP contribution >= 0.6 is 11.3 Å². The highest BCUT2D eigenvalue weighted by Gasteiger charge is 2.27. The number of benzene rings is 1. The van der Waals surface area contributed by atoms with Gasteiger partial charge in [-0.05, 0) is 42.5 Å². The lowest BCUT2D eigenvalue weighted by Gasteiger charge is -2.17. The van der Waals surface area contributed by atoms with Crippen LogP contribution in [0.1, 0.15) is 12.5 Å². The fraction of sp³-hybridized carbons (Fsp3) is 0.267. The maximum Gasteiger partial charge on any atom is 0.324 e. The van der Waals surface area contributed by atoms with E-state index in [1.807, 2.05) is 0 Å². The van der Waals surface area contributed by atoms with E-state index in [1.165, 1.54) is 18.2 Å². The van der Waals surface area contributed by atoms with Gasteiger partial charge in [-0.3, -0.25) is 4.79 Å². The Kier molecular flexibility index (Phi) is 5.75. The number of thiophene rings is 1. The molecule has 0 bridgehead atoms. The lowest BCUT2D eigenvalue weighted by atomic mass is 10.1. The maximum absolute atomic E-state index is 12.3. The number of hydrogen-bond donors (Lipinski definition) is 2. The van der Waals surface area contributed by atoms with Crippen molar-refractivity contribution in [1.29, 1.82) is 0 Å². The molecular weight excluding hydrogens is 338 g/mol. The van der Waals surface area contributed by atoms with Crippen molar-refractivity contribution in [3.63, 3.8) is 0 Å². The Bertz CT molecular complexity index is 739. The predicted octanol–water partition coefficient (Wildman–Crippen LogP) is 1.91. The molecule has 8 heteroatoms. The summed E-state index contributed by atoms with van der Waals surface area (Å²) >= 11 is 1.07. The van der Waals surface area contributed by atoms with Crippen molar-refractivity contribution in [2.75, 3.05) is 6.61 Å². The highest BCUT2D eigenvalue weighted by Crippen LogP contribution is 2.17. The van der Waals surface area contributed by atoms with E-state index in [0.29, 0.717) is 5.56 Å². The molecule has 2 N–H and O–H groups in total. The number of phenols is 1. The highest BCUT2D eigenvalue weighted by molar-refractivity contribution is 7.91. The average Bonchev–Trinajstić information content (AvgIpc) is 3.04. The lowest BCUT2D eigenvalue weighted by molar-refractivity contribution is -0.145. The van der Waals surface area contributed by atoms with Gasteiger partial charge in [0.1, 0.15) is 16.0 Å². The third-order valence-corrected chi connectivity index (χ3v) is 5.87. The largest absolute Gasteiger partial charge is 0.508 e. The van der Waals surface area contributed by atoms with Crippen LogP contribution in [0, 0.1) is 0 Å². The van der Waals surface area contributed by atoms with E-state index in [2.05, 4.69) is 4.72 Å². The van der Waals surface area contributed by atoms with Gasteiger partial charge in [-0.15, -0.1) is 11.3 Å². The van der Waals surface area contributed by atoms with Gasteiger partial charge >= 0.3 is 5.97 Å². The van der Waals surface area contributed by atoms with Crippen molar-refractivity contribution in [3.8, 4) is 5.75 Å². The Hall–Kier alpha value is -1.90. The molecule has 0 aliphatic rings. The van der Waals surface area contributed by atoms with Crippen molar-refractivity contribution >= 4 is 27.3 Å². The van der Waals surface area contributed by atoms with Gasteiger partial charge in [0.25, 0.3) is 10.0 Å². The van der Waals surface area contributed by atoms with Gasteiger partial charge in [-0.25, -0.2) is 8.42 Å². The van der Waals surface area contributed by atoms with Crippen LogP contribution in [0.4, 0.5) is 0 Å². The summed E-state index contributed by atoms with van der Waals surface area (Å²) in [5, 5.41) is 10.9. The smallest absolute Gasteiger partial charge is 0.324 e. The van der Waals surface area contributed by atoms with Crippen molar-refractivity contribution in [2.24, 2.45) is 0 Å². The molecule has 124 valence electrons. The van der Waals surface area contributed by atoms with Crippen molar-refractivity contribution in [2.45, 2.75) is 23.6 Å². The predicted molar refractivity (Wildman–Crippen MR) is 86.9 cm³/mol. The molecule has 0 spiro atoms. The van der Waals surface area contributed by atoms with Crippen LogP contribution in [0.3, 0.4) is 0 Å². The van der Waals surface area contributed by atoms with E-state index < -0.39 is 22.0 Å². The van der Waals surface area contributed by atoms with Gasteiger partial charge in [0.2, 0.25) is 0 Å². The molecule has 1 aromatic heterocycles. The van der Waals surface area contributed by atoms with E-state index in [-0.39, 0.29) is 23.0 Å². The third-order valence-electron chi connectivity index (χ3n) is 3.00. The first kappa shape index (κ1) is 17.5. The van der Waals surface area contributed by atoms with Crippen LogP contribution in [0.2, 0.25) is 0 Å². The minimum absolute atomic E-state index is 0.0978. The van der Waals surface area contributed by atoms with Crippen molar-refractivity contribution in [1.82, 2.24) is 4.72 Å². The molecule has 0 radical (unpaired) electrons. The molecule has 2 rings (SSSR count). The zero-order valence-corrected chi connectivity index (χ0v) is 14.1. The molecule has 1 atom stereocenters. The van der Waals surface area contributed by atoms with E-state index >= 15 is 0 Å². The fourth-order valence-corrected chi connectivity index (χ4v) is 4.14. The molecule has 0 saturated carbocycles. The van der Waals surface area contributed by atoms with Gasteiger partial charge in [-0.2, -0.15) is 4.72 Å². The molecule has 2 aromatic rings. The molecule has 0 unspecified atom stereocenters. The zero-order chi connectivity index (χ0) is 16.9. The van der Waals surface area contributed by atoms with Crippen LogP contribution in [0.25, 0.3) is 0 Å². The summed E-state index contributed by atoms with van der Waals surface area (Å²) < 4.78 is 32.1. The van der Waals surface area contributed by atoms with Crippen molar-refractivity contribution < 1.29 is 23.1 Å². The molecule has 23 heavy (non-hydrogen) atoms. The number of aromatic hydroxyl groups is 1. The van der Waals surface area contributed by atoms with E-state index in [4.69, 9.17) is 4.74 Å². The highest BCUT2D eigenvalue weighted by atomic mass is 32.2. The van der Waals surface area contributed by atoms with Crippen LogP contribution in [0.5, 0.6) is 5.75 Å². The number of hydrogen-bond acceptors (Lipinski definition) is 6. The number of ether oxygens (including phenoxy) is 1. The molecule has 6 nitrogen and oxygen atoms in total. The number of phenolic OH excluding ortho intramolecular Hbond substituents is 1. The molecular formula is C15H17NO5S2. The molecule has 0 saturated heterocycles. The lowest BCUT2D eigenvalue weighted by Crippen LogP contribution is -2.43. The second-order valence-electron chi connectivity index (χ2n) is 4.73. The normalized spacial score (nSPS) is 12.7.